The van der Waals surface area contributed by atoms with E-state index >= 15 is 0 Å². The van der Waals surface area contributed by atoms with Crippen molar-refractivity contribution in [3.8, 4) is 0 Å². The number of anilines is 1. The van der Waals surface area contributed by atoms with E-state index in [-0.39, 0.29) is 5.82 Å². The normalized spacial score (nSPS) is 29.4. The summed E-state index contributed by atoms with van der Waals surface area (Å²) in [5, 5.41) is 10.2. The van der Waals surface area contributed by atoms with E-state index in [4.69, 9.17) is 25.2 Å². The van der Waals surface area contributed by atoms with Crippen LogP contribution >= 0.6 is 23.5 Å². The van der Waals surface area contributed by atoms with Gasteiger partial charge in [0.1, 0.15) is 11.4 Å². The molecule has 0 aliphatic carbocycles. The summed E-state index contributed by atoms with van der Waals surface area (Å²) < 4.78 is 80.1. The van der Waals surface area contributed by atoms with Crippen molar-refractivity contribution in [3.05, 3.63) is 22.7 Å². The van der Waals surface area contributed by atoms with Crippen molar-refractivity contribution in [2.45, 2.75) is 37.2 Å². The minimum Gasteiger partial charge on any atom is -0.383 e. The molecule has 1 aliphatic heterocycles. The van der Waals surface area contributed by atoms with Crippen LogP contribution in [-0.2, 0) is 31.6 Å². The van der Waals surface area contributed by atoms with Gasteiger partial charge in [0.25, 0.3) is 0 Å². The topological polar surface area (TPSA) is 250 Å². The highest BCUT2D eigenvalue weighted by molar-refractivity contribution is 7.66. The summed E-state index contributed by atoms with van der Waals surface area (Å²) in [5.74, 6) is -4.46. The van der Waals surface area contributed by atoms with Crippen LogP contribution in [0.5, 0.6) is 0 Å². The molecule has 3 unspecified atom stereocenters. The third-order valence-electron chi connectivity index (χ3n) is 4.13. The first-order chi connectivity index (χ1) is 14.3. The van der Waals surface area contributed by atoms with Gasteiger partial charge in [-0.1, -0.05) is 6.92 Å². The van der Waals surface area contributed by atoms with Crippen LogP contribution in [0, 0.1) is 0 Å². The van der Waals surface area contributed by atoms with E-state index in [2.05, 4.69) is 18.1 Å². The number of nitrogen functional groups attached to an aromatic ring is 1. The molecule has 7 N–H and O–H groups in total. The van der Waals surface area contributed by atoms with Crippen LogP contribution in [0.15, 0.2) is 17.1 Å². The minimum absolute atomic E-state index is 0.289. The quantitative estimate of drug-likeness (QED) is 0.227. The van der Waals surface area contributed by atoms with Gasteiger partial charge in [0.2, 0.25) is 6.23 Å². The fraction of sp³-hybridized carbons (Fsp3) is 0.636. The van der Waals surface area contributed by atoms with E-state index in [1.807, 2.05) is 0 Å². The van der Waals surface area contributed by atoms with Crippen LogP contribution in [-0.4, -0.2) is 58.5 Å². The molecule has 0 amide bonds. The Morgan fingerprint density at radius 1 is 1.22 bits per heavy atom. The Morgan fingerprint density at radius 3 is 2.31 bits per heavy atom. The van der Waals surface area contributed by atoms with Crippen molar-refractivity contribution in [2.75, 3.05) is 12.3 Å². The van der Waals surface area contributed by atoms with Crippen molar-refractivity contribution in [3.63, 3.8) is 0 Å². The summed E-state index contributed by atoms with van der Waals surface area (Å²) in [6.45, 7) is -0.163. The maximum atomic E-state index is 14.7. The summed E-state index contributed by atoms with van der Waals surface area (Å²) in [6.07, 6.45) is -4.89. The number of ether oxygens (including phenoxy) is 1. The maximum absolute atomic E-state index is 14.7. The number of aromatic nitrogens is 2. The smallest absolute Gasteiger partial charge is 0.383 e. The number of rotatable bonds is 9. The zero-order chi connectivity index (χ0) is 24.8. The van der Waals surface area contributed by atoms with Crippen LogP contribution in [0.4, 0.5) is 14.6 Å². The molecule has 0 aromatic carbocycles. The summed E-state index contributed by atoms with van der Waals surface area (Å²) in [5.41, 5.74) is 1.57. The molecule has 1 saturated heterocycles. The Labute approximate surface area is 177 Å². The van der Waals surface area contributed by atoms with Crippen molar-refractivity contribution >= 4 is 29.3 Å². The monoisotopic (exact) mass is 531 g/mol. The lowest BCUT2D eigenvalue weighted by Crippen LogP contribution is -2.49. The Hall–Kier alpha value is -1.13. The standard InChI is InChI=1S/C11H18F2N3O13P3/c1-2-10(5-26-31(22,23)29-32(24,25)28-30(19,20)21)7(17)11(12,13)8(27-10)16-4-3-6(14)15-9(16)18/h3-4,7-8,17H,2,5H2,1H3,(H,22,23)(H,24,25)(H2,14,15,18)(H2,19,20,21)/t7?,8-,10-/m1/s1. The van der Waals surface area contributed by atoms with Gasteiger partial charge in [-0.15, -0.1) is 0 Å². The second-order valence-electron chi connectivity index (χ2n) is 6.37. The second-order valence-corrected chi connectivity index (χ2v) is 10.8. The van der Waals surface area contributed by atoms with Gasteiger partial charge in [-0.2, -0.15) is 22.4 Å². The highest BCUT2D eigenvalue weighted by Gasteiger charge is 2.67. The molecule has 1 fully saturated rings. The van der Waals surface area contributed by atoms with E-state index < -0.39 is 66.0 Å². The van der Waals surface area contributed by atoms with Gasteiger partial charge < -0.3 is 35.2 Å². The van der Waals surface area contributed by atoms with Gasteiger partial charge >= 0.3 is 35.1 Å². The average molecular weight is 531 g/mol. The summed E-state index contributed by atoms with van der Waals surface area (Å²) in [7, 11) is -17.2. The predicted molar refractivity (Wildman–Crippen MR) is 96.8 cm³/mol. The van der Waals surface area contributed by atoms with E-state index in [0.717, 1.165) is 12.3 Å². The molecule has 0 saturated carbocycles. The van der Waals surface area contributed by atoms with Gasteiger partial charge in [-0.05, 0) is 12.5 Å². The van der Waals surface area contributed by atoms with Crippen LogP contribution < -0.4 is 11.4 Å². The Morgan fingerprint density at radius 2 is 1.81 bits per heavy atom. The zero-order valence-corrected chi connectivity index (χ0v) is 18.5. The first-order valence-corrected chi connectivity index (χ1v) is 12.7. The number of nitrogens with two attached hydrogens (primary N) is 1. The number of aliphatic hydroxyl groups is 1. The number of phosphoric ester groups is 1. The zero-order valence-electron chi connectivity index (χ0n) is 15.8. The Bertz CT molecular complexity index is 1060. The van der Waals surface area contributed by atoms with Gasteiger partial charge in [0, 0.05) is 6.20 Å². The van der Waals surface area contributed by atoms with Crippen molar-refractivity contribution in [1.82, 2.24) is 9.55 Å². The van der Waals surface area contributed by atoms with Gasteiger partial charge in [-0.3, -0.25) is 9.09 Å². The highest BCUT2D eigenvalue weighted by atomic mass is 31.3. The lowest BCUT2D eigenvalue weighted by Gasteiger charge is -2.30. The molecule has 2 heterocycles. The minimum atomic E-state index is -5.86. The van der Waals surface area contributed by atoms with Crippen LogP contribution in [0.25, 0.3) is 0 Å². The number of hydrogen-bond donors (Lipinski definition) is 6. The van der Waals surface area contributed by atoms with Crippen molar-refractivity contribution < 1.29 is 65.0 Å². The number of phosphoric acid groups is 3. The largest absolute Gasteiger partial charge is 0.490 e. The number of halogens is 2. The molecule has 0 bridgehead atoms. The highest BCUT2D eigenvalue weighted by Crippen LogP contribution is 2.66. The molecular formula is C11H18F2N3O13P3. The molecule has 2 rings (SSSR count). The van der Waals surface area contributed by atoms with Crippen LogP contribution in [0.1, 0.15) is 19.6 Å². The molecule has 0 spiro atoms. The molecule has 1 aromatic heterocycles. The average Bonchev–Trinajstić information content (AvgIpc) is 2.78. The third kappa shape index (κ3) is 6.05. The number of alkyl halides is 2. The molecule has 21 heteroatoms. The van der Waals surface area contributed by atoms with E-state index in [1.54, 1.807) is 0 Å². The molecular weight excluding hydrogens is 513 g/mol. The summed E-state index contributed by atoms with van der Waals surface area (Å²) in [4.78, 5) is 50.8. The SMILES string of the molecule is CC[C@]1(COP(=O)(O)OP(=O)(O)OP(=O)(O)O)O[C@@H](n2ccc(N)nc2=O)C(F)(F)C1O. The third-order valence-corrected chi connectivity index (χ3v) is 7.91. The maximum Gasteiger partial charge on any atom is 0.490 e. The molecule has 184 valence electrons. The molecule has 5 atom stereocenters. The first-order valence-electron chi connectivity index (χ1n) is 8.21. The van der Waals surface area contributed by atoms with Gasteiger partial charge in [-0.25, -0.2) is 18.5 Å². The number of hydrogen-bond acceptors (Lipinski definition) is 11. The fourth-order valence-electron chi connectivity index (χ4n) is 2.68. The fourth-order valence-corrected chi connectivity index (χ4v) is 5.76. The van der Waals surface area contributed by atoms with E-state index in [1.165, 1.54) is 6.92 Å². The summed E-state index contributed by atoms with van der Waals surface area (Å²) in [6, 6.07) is 0.991. The van der Waals surface area contributed by atoms with Gasteiger partial charge in [0.05, 0.1) is 6.61 Å². The Kier molecular flexibility index (Phi) is 7.55. The lowest BCUT2D eigenvalue weighted by molar-refractivity contribution is -0.145. The summed E-state index contributed by atoms with van der Waals surface area (Å²) >= 11 is 0. The van der Waals surface area contributed by atoms with Crippen LogP contribution in [0.3, 0.4) is 0 Å². The van der Waals surface area contributed by atoms with E-state index in [9.17, 15) is 37.3 Å². The number of nitrogens with zero attached hydrogens (tertiary/aromatic N) is 2. The van der Waals surface area contributed by atoms with Crippen molar-refractivity contribution in [1.29, 1.82) is 0 Å². The molecule has 1 aliphatic rings. The van der Waals surface area contributed by atoms with Crippen LogP contribution in [0.2, 0.25) is 0 Å². The van der Waals surface area contributed by atoms with Crippen molar-refractivity contribution in [2.24, 2.45) is 0 Å². The molecule has 1 aromatic rings. The Balaban J connectivity index is 2.27. The van der Waals surface area contributed by atoms with E-state index in [0.29, 0.717) is 4.57 Å². The predicted octanol–water partition coefficient (Wildman–Crippen LogP) is -0.157. The lowest BCUT2D eigenvalue weighted by atomic mass is 9.93. The molecule has 32 heavy (non-hydrogen) atoms. The first kappa shape index (κ1) is 27.1. The number of aliphatic hydroxyl groups excluding tert-OH is 1. The van der Waals surface area contributed by atoms with Gasteiger partial charge in [0.15, 0.2) is 6.10 Å². The second kappa shape index (κ2) is 8.91. The molecule has 16 nitrogen and oxygen atoms in total. The molecule has 0 radical (unpaired) electrons.